The predicted molar refractivity (Wildman–Crippen MR) is 145 cm³/mol. The van der Waals surface area contributed by atoms with E-state index in [1.165, 1.54) is 30.5 Å². The van der Waals surface area contributed by atoms with Crippen LogP contribution in [0.25, 0.3) is 11.0 Å². The maximum Gasteiger partial charge on any atom is 0.226 e. The van der Waals surface area contributed by atoms with Crippen LogP contribution in [0, 0.1) is 32.1 Å². The van der Waals surface area contributed by atoms with Crippen molar-refractivity contribution in [1.82, 2.24) is 40.2 Å². The molecule has 0 unspecified atom stereocenters. The van der Waals surface area contributed by atoms with Crippen LogP contribution < -0.4 is 15.5 Å². The first kappa shape index (κ1) is 24.1. The molecule has 2 bridgehead atoms. The largest absolute Gasteiger partial charge is 0.350 e. The summed E-state index contributed by atoms with van der Waals surface area (Å²) >= 11 is 0. The van der Waals surface area contributed by atoms with Crippen molar-refractivity contribution in [3.63, 3.8) is 0 Å². The Labute approximate surface area is 223 Å². The van der Waals surface area contributed by atoms with Gasteiger partial charge in [-0.3, -0.25) is 14.2 Å². The van der Waals surface area contributed by atoms with E-state index in [2.05, 4.69) is 37.2 Å². The van der Waals surface area contributed by atoms with Crippen LogP contribution in [0.3, 0.4) is 0 Å². The Morgan fingerprint density at radius 3 is 2.45 bits per heavy atom. The van der Waals surface area contributed by atoms with Gasteiger partial charge in [-0.1, -0.05) is 0 Å². The van der Waals surface area contributed by atoms with Crippen molar-refractivity contribution in [1.29, 1.82) is 0 Å². The Bertz CT molecular complexity index is 1410. The molecule has 10 nitrogen and oxygen atoms in total. The van der Waals surface area contributed by atoms with Gasteiger partial charge < -0.3 is 15.5 Å². The summed E-state index contributed by atoms with van der Waals surface area (Å²) in [4.78, 5) is 24.6. The summed E-state index contributed by atoms with van der Waals surface area (Å²) < 4.78 is 4.26. The molecular formula is C28H39N9O. The Kier molecular flexibility index (Phi) is 5.38. The molecular weight excluding hydrogens is 478 g/mol. The summed E-state index contributed by atoms with van der Waals surface area (Å²) in [7, 11) is 1.98. The molecule has 0 radical (unpaired) electrons. The van der Waals surface area contributed by atoms with Gasteiger partial charge in [-0.2, -0.15) is 10.2 Å². The highest BCUT2D eigenvalue weighted by Gasteiger charge is 2.50. The summed E-state index contributed by atoms with van der Waals surface area (Å²) in [5, 5.41) is 16.4. The number of carbonyl (C=O) groups is 1. The molecule has 0 atom stereocenters. The van der Waals surface area contributed by atoms with E-state index in [0.29, 0.717) is 5.41 Å². The molecule has 5 aliphatic rings. The fraction of sp³-hybridized carbons (Fsp3) is 0.679. The van der Waals surface area contributed by atoms with E-state index >= 15 is 0 Å². The van der Waals surface area contributed by atoms with Crippen molar-refractivity contribution in [3.05, 3.63) is 28.5 Å². The van der Waals surface area contributed by atoms with Gasteiger partial charge in [0, 0.05) is 63.0 Å². The van der Waals surface area contributed by atoms with E-state index in [-0.39, 0.29) is 17.4 Å². The van der Waals surface area contributed by atoms with E-state index < -0.39 is 0 Å². The second-order valence-corrected chi connectivity index (χ2v) is 12.5. The van der Waals surface area contributed by atoms with Gasteiger partial charge in [-0.05, 0) is 64.7 Å². The maximum absolute atomic E-state index is 12.7. The summed E-state index contributed by atoms with van der Waals surface area (Å²) in [6, 6.07) is 0. The van der Waals surface area contributed by atoms with E-state index in [4.69, 9.17) is 10.1 Å². The average molecular weight is 518 g/mol. The Balaban J connectivity index is 1.09. The fourth-order valence-electron chi connectivity index (χ4n) is 7.46. The van der Waals surface area contributed by atoms with Gasteiger partial charge in [-0.15, -0.1) is 0 Å². The van der Waals surface area contributed by atoms with Crippen LogP contribution in [0.4, 0.5) is 5.82 Å². The van der Waals surface area contributed by atoms with E-state index in [9.17, 15) is 4.79 Å². The third kappa shape index (κ3) is 3.74. The maximum atomic E-state index is 12.7. The Morgan fingerprint density at radius 2 is 1.76 bits per heavy atom. The zero-order valence-electron chi connectivity index (χ0n) is 23.1. The molecule has 5 heterocycles. The minimum Gasteiger partial charge on any atom is -0.350 e. The first-order valence-electron chi connectivity index (χ1n) is 14.3. The molecule has 8 rings (SSSR count). The molecule has 3 aliphatic carbocycles. The number of aromatic nitrogens is 6. The van der Waals surface area contributed by atoms with Crippen LogP contribution >= 0.6 is 0 Å². The molecule has 2 aliphatic heterocycles. The summed E-state index contributed by atoms with van der Waals surface area (Å²) in [5.74, 6) is 2.19. The van der Waals surface area contributed by atoms with E-state index in [1.54, 1.807) is 0 Å². The summed E-state index contributed by atoms with van der Waals surface area (Å²) in [6.45, 7) is 10.5. The zero-order valence-corrected chi connectivity index (χ0v) is 23.1. The zero-order chi connectivity index (χ0) is 26.2. The average Bonchev–Trinajstić information content (AvgIpc) is 3.32. The lowest BCUT2D eigenvalue weighted by Crippen LogP contribution is -2.61. The molecule has 202 valence electrons. The molecule has 2 N–H and O–H groups in total. The fourth-order valence-corrected chi connectivity index (χ4v) is 7.46. The lowest BCUT2D eigenvalue weighted by atomic mass is 9.57. The molecule has 3 aromatic heterocycles. The number of nitrogens with zero attached hydrogens (tertiary/aromatic N) is 7. The smallest absolute Gasteiger partial charge is 0.226 e. The molecule has 1 saturated heterocycles. The lowest BCUT2D eigenvalue weighted by Gasteiger charge is -2.54. The topological polar surface area (TPSA) is 106 Å². The normalized spacial score (nSPS) is 27.0. The molecule has 0 aromatic carbocycles. The van der Waals surface area contributed by atoms with Crippen molar-refractivity contribution in [2.24, 2.45) is 18.4 Å². The van der Waals surface area contributed by atoms with Gasteiger partial charge >= 0.3 is 0 Å². The predicted octanol–water partition coefficient (Wildman–Crippen LogP) is 2.48. The van der Waals surface area contributed by atoms with Crippen molar-refractivity contribution in [3.8, 4) is 0 Å². The number of aryl methyl sites for hydroxylation is 4. The minimum absolute atomic E-state index is 0.0273. The van der Waals surface area contributed by atoms with Crippen molar-refractivity contribution >= 4 is 22.8 Å². The standard InChI is InChI=1S/C28H39N9O/c1-17-21-15-36(25-24-23(30-19(3)31-25)18(2)33-35(24)4)12-5-22(21)37(34-17)16-27-6-9-28(10-7-27,11-8-27)32-26(38)20-13-29-14-20/h20,29H,5-16H2,1-4H3,(H,32,38). The quantitative estimate of drug-likeness (QED) is 0.536. The number of hydrogen-bond acceptors (Lipinski definition) is 7. The van der Waals surface area contributed by atoms with Gasteiger partial charge in [-0.25, -0.2) is 9.97 Å². The van der Waals surface area contributed by atoms with Crippen LogP contribution in [0.15, 0.2) is 0 Å². The second kappa shape index (κ2) is 8.49. The van der Waals surface area contributed by atoms with Crippen molar-refractivity contribution in [2.75, 3.05) is 24.5 Å². The lowest BCUT2D eigenvalue weighted by molar-refractivity contribution is -0.131. The van der Waals surface area contributed by atoms with Crippen molar-refractivity contribution < 1.29 is 4.79 Å². The molecule has 10 heteroatoms. The molecule has 3 aromatic rings. The number of fused-ring (bicyclic) bond motifs is 5. The van der Waals surface area contributed by atoms with Gasteiger partial charge in [0.2, 0.25) is 5.91 Å². The number of anilines is 1. The molecule has 4 fully saturated rings. The highest BCUT2D eigenvalue weighted by molar-refractivity contribution is 5.88. The number of hydrogen-bond donors (Lipinski definition) is 2. The van der Waals surface area contributed by atoms with Gasteiger partial charge in [0.25, 0.3) is 0 Å². The van der Waals surface area contributed by atoms with Gasteiger partial charge in [0.15, 0.2) is 5.82 Å². The number of nitrogens with one attached hydrogen (secondary N) is 2. The van der Waals surface area contributed by atoms with Crippen LogP contribution in [0.5, 0.6) is 0 Å². The Hall–Kier alpha value is -3.01. The van der Waals surface area contributed by atoms with Crippen LogP contribution in [-0.2, 0) is 31.4 Å². The van der Waals surface area contributed by atoms with Crippen LogP contribution in [0.2, 0.25) is 0 Å². The summed E-state index contributed by atoms with van der Waals surface area (Å²) in [6.07, 6.45) is 7.78. The number of rotatable bonds is 5. The highest BCUT2D eigenvalue weighted by Crippen LogP contribution is 2.53. The molecule has 38 heavy (non-hydrogen) atoms. The third-order valence-electron chi connectivity index (χ3n) is 10.0. The summed E-state index contributed by atoms with van der Waals surface area (Å²) in [5.41, 5.74) is 7.09. The van der Waals surface area contributed by atoms with Crippen LogP contribution in [0.1, 0.15) is 67.0 Å². The van der Waals surface area contributed by atoms with E-state index in [0.717, 1.165) is 92.5 Å². The highest BCUT2D eigenvalue weighted by atomic mass is 16.2. The van der Waals surface area contributed by atoms with E-state index in [1.807, 2.05) is 25.6 Å². The minimum atomic E-state index is 0.0273. The number of carbonyl (C=O) groups excluding carboxylic acids is 1. The monoisotopic (exact) mass is 517 g/mol. The number of amides is 1. The van der Waals surface area contributed by atoms with Gasteiger partial charge in [0.1, 0.15) is 16.9 Å². The first-order chi connectivity index (χ1) is 18.2. The van der Waals surface area contributed by atoms with Gasteiger partial charge in [0.05, 0.1) is 17.3 Å². The van der Waals surface area contributed by atoms with Crippen LogP contribution in [-0.4, -0.2) is 60.6 Å². The molecule has 3 saturated carbocycles. The third-order valence-corrected chi connectivity index (χ3v) is 10.0. The molecule has 1 amide bonds. The molecule has 0 spiro atoms. The SMILES string of the molecule is Cc1nc(N2CCc3c(c(C)nn3CC34CCC(NC(=O)C5CNC5)(CC3)CC4)C2)c2c(n1)c(C)nn2C. The Morgan fingerprint density at radius 1 is 1.03 bits per heavy atom. The van der Waals surface area contributed by atoms with Crippen molar-refractivity contribution in [2.45, 2.75) is 84.3 Å². The first-order valence-corrected chi connectivity index (χ1v) is 14.3. The second-order valence-electron chi connectivity index (χ2n) is 12.5.